The van der Waals surface area contributed by atoms with Gasteiger partial charge < -0.3 is 31.6 Å². The van der Waals surface area contributed by atoms with Crippen LogP contribution >= 0.6 is 24.8 Å². The van der Waals surface area contributed by atoms with Gasteiger partial charge in [-0.3, -0.25) is 0 Å². The highest BCUT2D eigenvalue weighted by Gasteiger charge is 2.27. The van der Waals surface area contributed by atoms with E-state index in [1.54, 1.807) is 0 Å². The van der Waals surface area contributed by atoms with Crippen molar-refractivity contribution in [2.45, 2.75) is 52.4 Å². The third-order valence-corrected chi connectivity index (χ3v) is 4.20. The highest BCUT2D eigenvalue weighted by molar-refractivity contribution is 5.85. The molecule has 8 nitrogen and oxygen atoms in total. The van der Waals surface area contributed by atoms with Gasteiger partial charge in [0.2, 0.25) is 0 Å². The largest absolute Gasteiger partial charge is 0.450 e. The summed E-state index contributed by atoms with van der Waals surface area (Å²) in [5.41, 5.74) is 11.3. The maximum absolute atomic E-state index is 11.5. The molecule has 6 N–H and O–H groups in total. The number of hydrogen-bond donors (Lipinski definition) is 4. The Bertz CT molecular complexity index is 343. The van der Waals surface area contributed by atoms with E-state index in [4.69, 9.17) is 20.9 Å². The number of carbonyl (C=O) groups excluding carboxylic acids is 2. The standard InChI is InChI=1S/C17H36N4O4.2ClH/c1-3-5-9-20-15(22)24-11-7-17(13-18,14-19)8-12-25-16(23)21-10-6-4-2;;/h3-14,18-19H2,1-2H3,(H,20,22)(H,21,23);2*1H. The van der Waals surface area contributed by atoms with Gasteiger partial charge in [-0.25, -0.2) is 9.59 Å². The third-order valence-electron chi connectivity index (χ3n) is 4.20. The van der Waals surface area contributed by atoms with Gasteiger partial charge in [-0.15, -0.1) is 24.8 Å². The summed E-state index contributed by atoms with van der Waals surface area (Å²) >= 11 is 0. The molecule has 0 heterocycles. The van der Waals surface area contributed by atoms with Gasteiger partial charge in [0.25, 0.3) is 0 Å². The Balaban J connectivity index is -0.00000288. The number of ether oxygens (including phenoxy) is 2. The Morgan fingerprint density at radius 2 is 1.19 bits per heavy atom. The molecule has 0 bridgehead atoms. The second-order valence-electron chi connectivity index (χ2n) is 6.24. The average molecular weight is 433 g/mol. The number of alkyl carbamates (subject to hydrolysis) is 2. The van der Waals surface area contributed by atoms with Gasteiger partial charge in [0, 0.05) is 18.5 Å². The first-order valence-corrected chi connectivity index (χ1v) is 9.25. The Kier molecular flexibility index (Phi) is 22.5. The number of carbonyl (C=O) groups is 2. The molecular weight excluding hydrogens is 395 g/mol. The Morgan fingerprint density at radius 1 is 0.815 bits per heavy atom. The van der Waals surface area contributed by atoms with E-state index in [2.05, 4.69) is 24.5 Å². The van der Waals surface area contributed by atoms with Crippen molar-refractivity contribution >= 4 is 37.0 Å². The minimum atomic E-state index is -0.428. The molecular formula is C17H38Cl2N4O4. The van der Waals surface area contributed by atoms with Gasteiger partial charge in [0.1, 0.15) is 0 Å². The smallest absolute Gasteiger partial charge is 0.407 e. The molecule has 0 saturated heterocycles. The summed E-state index contributed by atoms with van der Waals surface area (Å²) in [5.74, 6) is 0. The molecule has 0 radical (unpaired) electrons. The Morgan fingerprint density at radius 3 is 1.48 bits per heavy atom. The summed E-state index contributed by atoms with van der Waals surface area (Å²) in [6.45, 7) is 6.46. The summed E-state index contributed by atoms with van der Waals surface area (Å²) < 4.78 is 10.3. The molecule has 0 aromatic rings. The fourth-order valence-electron chi connectivity index (χ4n) is 2.17. The van der Waals surface area contributed by atoms with Crippen LogP contribution in [-0.2, 0) is 9.47 Å². The molecule has 164 valence electrons. The first kappa shape index (κ1) is 30.8. The highest BCUT2D eigenvalue weighted by atomic mass is 35.5. The lowest BCUT2D eigenvalue weighted by Crippen LogP contribution is -2.41. The number of rotatable bonds is 14. The maximum Gasteiger partial charge on any atom is 0.407 e. The zero-order valence-corrected chi connectivity index (χ0v) is 18.2. The normalized spacial score (nSPS) is 10.2. The van der Waals surface area contributed by atoms with Crippen LogP contribution in [-0.4, -0.2) is 51.6 Å². The molecule has 27 heavy (non-hydrogen) atoms. The maximum atomic E-state index is 11.5. The van der Waals surface area contributed by atoms with Crippen molar-refractivity contribution < 1.29 is 19.1 Å². The molecule has 0 aliphatic heterocycles. The topological polar surface area (TPSA) is 129 Å². The lowest BCUT2D eigenvalue weighted by Gasteiger charge is -2.30. The van der Waals surface area contributed by atoms with Crippen LogP contribution in [0.25, 0.3) is 0 Å². The molecule has 0 aromatic heterocycles. The first-order chi connectivity index (χ1) is 12.0. The van der Waals surface area contributed by atoms with E-state index >= 15 is 0 Å². The van der Waals surface area contributed by atoms with E-state index in [9.17, 15) is 9.59 Å². The molecule has 0 unspecified atom stereocenters. The molecule has 0 atom stereocenters. The minimum absolute atomic E-state index is 0. The lowest BCUT2D eigenvalue weighted by atomic mass is 9.82. The van der Waals surface area contributed by atoms with Gasteiger partial charge >= 0.3 is 12.2 Å². The molecule has 0 aliphatic carbocycles. The van der Waals surface area contributed by atoms with Crippen LogP contribution in [0.3, 0.4) is 0 Å². The fraction of sp³-hybridized carbons (Fsp3) is 0.882. The van der Waals surface area contributed by atoms with Gasteiger partial charge in [0.05, 0.1) is 13.2 Å². The molecule has 0 aromatic carbocycles. The third kappa shape index (κ3) is 15.8. The summed E-state index contributed by atoms with van der Waals surface area (Å²) in [6.07, 6.45) is 4.06. The van der Waals surface area contributed by atoms with Crippen molar-refractivity contribution in [3.63, 3.8) is 0 Å². The Labute approximate surface area is 175 Å². The fourth-order valence-corrected chi connectivity index (χ4v) is 2.17. The van der Waals surface area contributed by atoms with Crippen molar-refractivity contribution in [1.82, 2.24) is 10.6 Å². The van der Waals surface area contributed by atoms with Gasteiger partial charge in [-0.1, -0.05) is 26.7 Å². The predicted octanol–water partition coefficient (Wildman–Crippen LogP) is 2.57. The number of amides is 2. The Hall–Kier alpha value is -0.960. The van der Waals surface area contributed by atoms with Gasteiger partial charge in [-0.05, 0) is 38.8 Å². The summed E-state index contributed by atoms with van der Waals surface area (Å²) in [7, 11) is 0. The van der Waals surface area contributed by atoms with Crippen LogP contribution in [0, 0.1) is 5.41 Å². The second kappa shape index (κ2) is 19.8. The van der Waals surface area contributed by atoms with Crippen molar-refractivity contribution in [3.05, 3.63) is 0 Å². The minimum Gasteiger partial charge on any atom is -0.450 e. The van der Waals surface area contributed by atoms with Gasteiger partial charge in [0.15, 0.2) is 0 Å². The van der Waals surface area contributed by atoms with Gasteiger partial charge in [-0.2, -0.15) is 0 Å². The summed E-state index contributed by atoms with van der Waals surface area (Å²) in [4.78, 5) is 23.1. The summed E-state index contributed by atoms with van der Waals surface area (Å²) in [6, 6.07) is 0. The van der Waals surface area contributed by atoms with Crippen LogP contribution in [0.4, 0.5) is 9.59 Å². The number of unbranched alkanes of at least 4 members (excludes halogenated alkanes) is 2. The van der Waals surface area contributed by atoms with E-state index in [0.29, 0.717) is 39.0 Å². The quantitative estimate of drug-likeness (QED) is 0.312. The molecule has 0 fully saturated rings. The monoisotopic (exact) mass is 432 g/mol. The molecule has 0 aliphatic rings. The summed E-state index contributed by atoms with van der Waals surface area (Å²) in [5, 5.41) is 5.37. The van der Waals surface area contributed by atoms with Crippen LogP contribution in [0.5, 0.6) is 0 Å². The molecule has 0 spiro atoms. The number of nitrogens with one attached hydrogen (secondary N) is 2. The van der Waals surface area contributed by atoms with E-state index in [-0.39, 0.29) is 38.0 Å². The van der Waals surface area contributed by atoms with E-state index in [1.807, 2.05) is 0 Å². The molecule has 10 heteroatoms. The number of nitrogens with two attached hydrogens (primary N) is 2. The van der Waals surface area contributed by atoms with Crippen molar-refractivity contribution in [2.75, 3.05) is 39.4 Å². The van der Waals surface area contributed by atoms with Crippen molar-refractivity contribution in [1.29, 1.82) is 0 Å². The van der Waals surface area contributed by atoms with Crippen LogP contribution in [0.2, 0.25) is 0 Å². The molecule has 0 saturated carbocycles. The zero-order chi connectivity index (χ0) is 19.0. The van der Waals surface area contributed by atoms with Crippen molar-refractivity contribution in [3.8, 4) is 0 Å². The van der Waals surface area contributed by atoms with E-state index in [0.717, 1.165) is 25.7 Å². The number of halogens is 2. The second-order valence-corrected chi connectivity index (χ2v) is 6.24. The first-order valence-electron chi connectivity index (χ1n) is 9.25. The molecule has 0 rings (SSSR count). The highest BCUT2D eigenvalue weighted by Crippen LogP contribution is 2.24. The lowest BCUT2D eigenvalue weighted by molar-refractivity contribution is 0.0979. The zero-order valence-electron chi connectivity index (χ0n) is 16.6. The molecule has 2 amide bonds. The van der Waals surface area contributed by atoms with Crippen LogP contribution in [0.15, 0.2) is 0 Å². The van der Waals surface area contributed by atoms with Crippen molar-refractivity contribution in [2.24, 2.45) is 16.9 Å². The van der Waals surface area contributed by atoms with Crippen LogP contribution in [0.1, 0.15) is 52.4 Å². The predicted molar refractivity (Wildman–Crippen MR) is 113 cm³/mol. The average Bonchev–Trinajstić information content (AvgIpc) is 2.61. The SMILES string of the molecule is CCCCNC(=O)OCCC(CN)(CN)CCOC(=O)NCCCC.Cl.Cl. The van der Waals surface area contributed by atoms with E-state index in [1.165, 1.54) is 0 Å². The number of hydrogen-bond acceptors (Lipinski definition) is 6. The van der Waals surface area contributed by atoms with E-state index < -0.39 is 17.6 Å². The van der Waals surface area contributed by atoms with Crippen LogP contribution < -0.4 is 22.1 Å².